The summed E-state index contributed by atoms with van der Waals surface area (Å²) < 4.78 is 11.4. The lowest BCUT2D eigenvalue weighted by molar-refractivity contribution is -0.118. The van der Waals surface area contributed by atoms with E-state index in [1.54, 1.807) is 24.9 Å². The van der Waals surface area contributed by atoms with Crippen molar-refractivity contribution in [3.8, 4) is 0 Å². The van der Waals surface area contributed by atoms with E-state index in [0.29, 0.717) is 18.8 Å². The monoisotopic (exact) mass is 493 g/mol. The number of ether oxygens (including phenoxy) is 2. The van der Waals surface area contributed by atoms with Gasteiger partial charge in [-0.1, -0.05) is 36.4 Å². The van der Waals surface area contributed by atoms with Crippen LogP contribution in [0.5, 0.6) is 0 Å². The molecule has 2 aromatic rings. The molecule has 0 spiro atoms. The van der Waals surface area contributed by atoms with Crippen LogP contribution in [0.1, 0.15) is 36.5 Å². The molecular weight excluding hydrogens is 458 g/mol. The summed E-state index contributed by atoms with van der Waals surface area (Å²) in [6.45, 7) is 4.84. The van der Waals surface area contributed by atoms with Gasteiger partial charge in [-0.05, 0) is 60.9 Å². The lowest BCUT2D eigenvalue weighted by Gasteiger charge is -2.36. The predicted molar refractivity (Wildman–Crippen MR) is 141 cm³/mol. The zero-order chi connectivity index (χ0) is 24.8. The third-order valence-corrected chi connectivity index (χ3v) is 7.63. The number of nitrogens with one attached hydrogen (secondary N) is 1. The van der Waals surface area contributed by atoms with Crippen molar-refractivity contribution in [2.24, 2.45) is 5.73 Å². The van der Waals surface area contributed by atoms with E-state index in [2.05, 4.69) is 65.9 Å². The number of methoxy groups -OCH3 is 1. The highest BCUT2D eigenvalue weighted by molar-refractivity contribution is 7.98. The maximum absolute atomic E-state index is 13.2. The SMILES string of the molecule is COCc1ccccc1CN1CCO/C(=C/C(=C\N)C(=O)NC2(c3ccc(SC)cc3)CC2)C1C. The topological polar surface area (TPSA) is 76.8 Å². The minimum atomic E-state index is -0.309. The van der Waals surface area contributed by atoms with Gasteiger partial charge in [0.25, 0.3) is 5.91 Å². The second kappa shape index (κ2) is 11.3. The molecule has 2 aliphatic rings. The molecule has 1 aliphatic heterocycles. The van der Waals surface area contributed by atoms with E-state index in [9.17, 15) is 4.79 Å². The Morgan fingerprint density at radius 1 is 1.23 bits per heavy atom. The summed E-state index contributed by atoms with van der Waals surface area (Å²) in [6, 6.07) is 16.8. The van der Waals surface area contributed by atoms with Crippen molar-refractivity contribution in [2.45, 2.75) is 49.4 Å². The van der Waals surface area contributed by atoms with E-state index in [4.69, 9.17) is 15.2 Å². The van der Waals surface area contributed by atoms with Crippen molar-refractivity contribution in [3.05, 3.63) is 88.8 Å². The van der Waals surface area contributed by atoms with Gasteiger partial charge in [0.2, 0.25) is 0 Å². The smallest absolute Gasteiger partial charge is 0.253 e. The molecule has 0 aromatic heterocycles. The highest BCUT2D eigenvalue weighted by Crippen LogP contribution is 2.46. The van der Waals surface area contributed by atoms with Gasteiger partial charge in [0, 0.05) is 31.3 Å². The number of nitrogens with two attached hydrogens (primary N) is 1. The molecule has 1 heterocycles. The molecular formula is C28H35N3O3S. The molecule has 7 heteroatoms. The van der Waals surface area contributed by atoms with Gasteiger partial charge in [0.15, 0.2) is 0 Å². The zero-order valence-electron chi connectivity index (χ0n) is 20.8. The third kappa shape index (κ3) is 5.92. The molecule has 1 saturated carbocycles. The van der Waals surface area contributed by atoms with E-state index >= 15 is 0 Å². The molecule has 4 rings (SSSR count). The summed E-state index contributed by atoms with van der Waals surface area (Å²) in [6.07, 6.45) is 7.07. The van der Waals surface area contributed by atoms with E-state index < -0.39 is 0 Å². The maximum atomic E-state index is 13.2. The summed E-state index contributed by atoms with van der Waals surface area (Å²) in [7, 11) is 1.71. The fourth-order valence-corrected chi connectivity index (χ4v) is 4.94. The number of amides is 1. The first kappa shape index (κ1) is 25.4. The van der Waals surface area contributed by atoms with E-state index in [0.717, 1.165) is 37.3 Å². The molecule has 186 valence electrons. The molecule has 2 fully saturated rings. The Hall–Kier alpha value is -2.74. The van der Waals surface area contributed by atoms with Crippen LogP contribution in [0.4, 0.5) is 0 Å². The van der Waals surface area contributed by atoms with Crippen LogP contribution >= 0.6 is 11.8 Å². The highest BCUT2D eigenvalue weighted by atomic mass is 32.2. The van der Waals surface area contributed by atoms with Gasteiger partial charge in [-0.15, -0.1) is 11.8 Å². The van der Waals surface area contributed by atoms with Crippen molar-refractivity contribution in [2.75, 3.05) is 26.5 Å². The Bertz CT molecular complexity index is 1090. The van der Waals surface area contributed by atoms with Gasteiger partial charge in [-0.25, -0.2) is 0 Å². The number of hydrogen-bond acceptors (Lipinski definition) is 6. The number of carbonyl (C=O) groups is 1. The quantitative estimate of drug-likeness (QED) is 0.401. The fourth-order valence-electron chi connectivity index (χ4n) is 4.53. The minimum absolute atomic E-state index is 0.0103. The number of benzene rings is 2. The van der Waals surface area contributed by atoms with Gasteiger partial charge in [0.05, 0.1) is 23.8 Å². The fraction of sp³-hybridized carbons (Fsp3) is 0.393. The summed E-state index contributed by atoms with van der Waals surface area (Å²) in [5, 5.41) is 3.23. The normalized spacial score (nSPS) is 20.9. The van der Waals surface area contributed by atoms with Gasteiger partial charge in [-0.3, -0.25) is 9.69 Å². The number of nitrogens with zero attached hydrogens (tertiary/aromatic N) is 1. The molecule has 3 N–H and O–H groups in total. The van der Waals surface area contributed by atoms with Gasteiger partial charge >= 0.3 is 0 Å². The van der Waals surface area contributed by atoms with Crippen LogP contribution in [0, 0.1) is 0 Å². The molecule has 1 amide bonds. The van der Waals surface area contributed by atoms with Crippen LogP contribution in [-0.2, 0) is 33.0 Å². The molecule has 2 aromatic carbocycles. The highest BCUT2D eigenvalue weighted by Gasteiger charge is 2.46. The number of thioether (sulfide) groups is 1. The molecule has 1 aliphatic carbocycles. The van der Waals surface area contributed by atoms with Gasteiger partial charge in [-0.2, -0.15) is 0 Å². The summed E-state index contributed by atoms with van der Waals surface area (Å²) >= 11 is 1.71. The number of hydrogen-bond donors (Lipinski definition) is 2. The summed E-state index contributed by atoms with van der Waals surface area (Å²) in [4.78, 5) is 16.8. The molecule has 1 atom stereocenters. The Morgan fingerprint density at radius 3 is 2.57 bits per heavy atom. The second-order valence-electron chi connectivity index (χ2n) is 9.13. The first-order valence-electron chi connectivity index (χ1n) is 12.0. The van der Waals surface area contributed by atoms with Gasteiger partial charge in [0.1, 0.15) is 12.4 Å². The van der Waals surface area contributed by atoms with Crippen LogP contribution in [0.15, 0.2) is 77.0 Å². The third-order valence-electron chi connectivity index (χ3n) is 6.88. The van der Waals surface area contributed by atoms with Crippen molar-refractivity contribution in [3.63, 3.8) is 0 Å². The second-order valence-corrected chi connectivity index (χ2v) is 10.0. The molecule has 6 nitrogen and oxygen atoms in total. The largest absolute Gasteiger partial charge is 0.495 e. The van der Waals surface area contributed by atoms with Crippen molar-refractivity contribution < 1.29 is 14.3 Å². The van der Waals surface area contributed by atoms with Crippen molar-refractivity contribution in [1.82, 2.24) is 10.2 Å². The van der Waals surface area contributed by atoms with E-state index in [1.807, 2.05) is 6.07 Å². The number of carbonyl (C=O) groups excluding carboxylic acids is 1. The predicted octanol–water partition coefficient (Wildman–Crippen LogP) is 4.31. The Balaban J connectivity index is 1.45. The molecule has 1 unspecified atom stereocenters. The van der Waals surface area contributed by atoms with E-state index in [-0.39, 0.29) is 17.5 Å². The molecule has 0 radical (unpaired) electrons. The van der Waals surface area contributed by atoms with Crippen LogP contribution < -0.4 is 11.1 Å². The van der Waals surface area contributed by atoms with E-state index in [1.165, 1.54) is 22.2 Å². The van der Waals surface area contributed by atoms with Crippen molar-refractivity contribution >= 4 is 17.7 Å². The Labute approximate surface area is 212 Å². The maximum Gasteiger partial charge on any atom is 0.253 e. The standard InChI is InChI=1S/C28H35N3O3S/c1-20-26(34-15-14-31(20)18-21-6-4-5-7-22(21)19-33-2)16-23(17-29)27(32)30-28(12-13-28)24-8-10-25(35-3)11-9-24/h4-11,16-17,20H,12-15,18-19,29H2,1-3H3,(H,30,32)/b23-17+,26-16+. The molecule has 1 saturated heterocycles. The van der Waals surface area contributed by atoms with Gasteiger partial charge < -0.3 is 20.5 Å². The minimum Gasteiger partial charge on any atom is -0.495 e. The van der Waals surface area contributed by atoms with Crippen LogP contribution in [0.2, 0.25) is 0 Å². The lowest BCUT2D eigenvalue weighted by Crippen LogP contribution is -2.42. The lowest BCUT2D eigenvalue weighted by atomic mass is 10.0. The molecule has 0 bridgehead atoms. The van der Waals surface area contributed by atoms with Crippen molar-refractivity contribution in [1.29, 1.82) is 0 Å². The first-order chi connectivity index (χ1) is 17.0. The number of morpholine rings is 1. The average Bonchev–Trinajstić information content (AvgIpc) is 3.66. The Morgan fingerprint density at radius 2 is 1.94 bits per heavy atom. The first-order valence-corrected chi connectivity index (χ1v) is 13.2. The van der Waals surface area contributed by atoms with Crippen LogP contribution in [0.25, 0.3) is 0 Å². The summed E-state index contributed by atoms with van der Waals surface area (Å²) in [5.74, 6) is 0.575. The average molecular weight is 494 g/mol. The number of rotatable bonds is 9. The summed E-state index contributed by atoms with van der Waals surface area (Å²) in [5.41, 5.74) is 9.57. The van der Waals surface area contributed by atoms with Crippen LogP contribution in [0.3, 0.4) is 0 Å². The Kier molecular flexibility index (Phi) is 8.21. The molecule has 35 heavy (non-hydrogen) atoms. The van der Waals surface area contributed by atoms with Crippen LogP contribution in [-0.4, -0.2) is 43.4 Å². The zero-order valence-corrected chi connectivity index (χ0v) is 21.6.